The SMILES string of the molecule is C=C(C)c1c(Cl)cccc1C(C)C. The van der Waals surface area contributed by atoms with E-state index in [1.54, 1.807) is 0 Å². The Morgan fingerprint density at radius 1 is 1.38 bits per heavy atom. The first kappa shape index (κ1) is 10.3. The number of rotatable bonds is 2. The summed E-state index contributed by atoms with van der Waals surface area (Å²) in [6, 6.07) is 6.02. The Balaban J connectivity index is 3.34. The number of halogens is 1. The first-order valence-corrected chi connectivity index (χ1v) is 4.86. The highest BCUT2D eigenvalue weighted by Crippen LogP contribution is 2.30. The molecule has 0 aliphatic carbocycles. The summed E-state index contributed by atoms with van der Waals surface area (Å²) in [5.41, 5.74) is 3.42. The van der Waals surface area contributed by atoms with E-state index in [2.05, 4.69) is 26.5 Å². The lowest BCUT2D eigenvalue weighted by Crippen LogP contribution is -1.94. The fraction of sp³-hybridized carbons (Fsp3) is 0.333. The summed E-state index contributed by atoms with van der Waals surface area (Å²) in [5, 5.41) is 0.804. The van der Waals surface area contributed by atoms with Gasteiger partial charge in [0.1, 0.15) is 0 Å². The number of hydrogen-bond acceptors (Lipinski definition) is 0. The molecule has 0 saturated carbocycles. The van der Waals surface area contributed by atoms with Gasteiger partial charge in [-0.05, 0) is 35.6 Å². The fourth-order valence-electron chi connectivity index (χ4n) is 1.47. The Kier molecular flexibility index (Phi) is 3.16. The third-order valence-electron chi connectivity index (χ3n) is 2.09. The topological polar surface area (TPSA) is 0 Å². The Hall–Kier alpha value is -0.750. The van der Waals surface area contributed by atoms with E-state index in [1.165, 1.54) is 5.56 Å². The minimum atomic E-state index is 0.491. The molecule has 0 aliphatic rings. The summed E-state index contributed by atoms with van der Waals surface area (Å²) < 4.78 is 0. The van der Waals surface area contributed by atoms with Gasteiger partial charge in [0.05, 0.1) is 0 Å². The molecule has 0 aromatic heterocycles. The van der Waals surface area contributed by atoms with Crippen molar-refractivity contribution in [3.05, 3.63) is 40.9 Å². The van der Waals surface area contributed by atoms with Crippen molar-refractivity contribution in [2.24, 2.45) is 0 Å². The van der Waals surface area contributed by atoms with Crippen molar-refractivity contribution < 1.29 is 0 Å². The Morgan fingerprint density at radius 2 is 2.00 bits per heavy atom. The molecule has 0 amide bonds. The van der Waals surface area contributed by atoms with E-state index in [0.29, 0.717) is 5.92 Å². The molecule has 1 aromatic rings. The van der Waals surface area contributed by atoms with Gasteiger partial charge in [0.25, 0.3) is 0 Å². The monoisotopic (exact) mass is 194 g/mol. The lowest BCUT2D eigenvalue weighted by atomic mass is 9.94. The number of benzene rings is 1. The molecule has 0 N–H and O–H groups in total. The maximum Gasteiger partial charge on any atom is 0.0483 e. The largest absolute Gasteiger partial charge is 0.0955 e. The van der Waals surface area contributed by atoms with Gasteiger partial charge in [-0.3, -0.25) is 0 Å². The fourth-order valence-corrected chi connectivity index (χ4v) is 1.82. The normalized spacial score (nSPS) is 10.5. The molecular formula is C12H15Cl. The van der Waals surface area contributed by atoms with Crippen molar-refractivity contribution in [3.8, 4) is 0 Å². The smallest absolute Gasteiger partial charge is 0.0483 e. The van der Waals surface area contributed by atoms with Crippen LogP contribution in [0.25, 0.3) is 5.57 Å². The Morgan fingerprint density at radius 3 is 2.38 bits per heavy atom. The van der Waals surface area contributed by atoms with Gasteiger partial charge in [-0.1, -0.05) is 44.2 Å². The van der Waals surface area contributed by atoms with E-state index in [4.69, 9.17) is 11.6 Å². The summed E-state index contributed by atoms with van der Waals surface area (Å²) in [4.78, 5) is 0. The minimum Gasteiger partial charge on any atom is -0.0955 e. The average Bonchev–Trinajstić information content (AvgIpc) is 2.02. The van der Waals surface area contributed by atoms with Crippen LogP contribution in [0.2, 0.25) is 5.02 Å². The number of hydrogen-bond donors (Lipinski definition) is 0. The van der Waals surface area contributed by atoms with E-state index in [0.717, 1.165) is 16.2 Å². The van der Waals surface area contributed by atoms with Crippen LogP contribution in [0.3, 0.4) is 0 Å². The summed E-state index contributed by atoms with van der Waals surface area (Å²) in [7, 11) is 0. The molecule has 70 valence electrons. The van der Waals surface area contributed by atoms with Gasteiger partial charge >= 0.3 is 0 Å². The molecule has 0 spiro atoms. The predicted molar refractivity (Wildman–Crippen MR) is 60.2 cm³/mol. The highest BCUT2D eigenvalue weighted by Gasteiger charge is 2.09. The highest BCUT2D eigenvalue weighted by molar-refractivity contribution is 6.32. The molecule has 13 heavy (non-hydrogen) atoms. The Bertz CT molecular complexity index is 324. The third kappa shape index (κ3) is 2.13. The molecule has 1 rings (SSSR count). The van der Waals surface area contributed by atoms with Crippen LogP contribution in [0.5, 0.6) is 0 Å². The zero-order valence-electron chi connectivity index (χ0n) is 8.39. The van der Waals surface area contributed by atoms with Crippen molar-refractivity contribution in [2.75, 3.05) is 0 Å². The van der Waals surface area contributed by atoms with E-state index in [1.807, 2.05) is 19.1 Å². The van der Waals surface area contributed by atoms with Crippen molar-refractivity contribution in [1.29, 1.82) is 0 Å². The molecule has 0 nitrogen and oxygen atoms in total. The molecule has 0 saturated heterocycles. The van der Waals surface area contributed by atoms with Gasteiger partial charge in [-0.2, -0.15) is 0 Å². The van der Waals surface area contributed by atoms with Gasteiger partial charge in [0.2, 0.25) is 0 Å². The molecule has 0 atom stereocenters. The first-order chi connectivity index (χ1) is 6.04. The second kappa shape index (κ2) is 3.97. The van der Waals surface area contributed by atoms with E-state index in [9.17, 15) is 0 Å². The summed E-state index contributed by atoms with van der Waals surface area (Å²) >= 11 is 6.11. The van der Waals surface area contributed by atoms with Crippen LogP contribution >= 0.6 is 11.6 Å². The standard InChI is InChI=1S/C12H15Cl/c1-8(2)10-6-5-7-11(13)12(10)9(3)4/h5-8H,3H2,1-2,4H3. The van der Waals surface area contributed by atoms with Crippen LogP contribution in [-0.2, 0) is 0 Å². The van der Waals surface area contributed by atoms with Crippen LogP contribution in [-0.4, -0.2) is 0 Å². The van der Waals surface area contributed by atoms with E-state index in [-0.39, 0.29) is 0 Å². The van der Waals surface area contributed by atoms with Crippen molar-refractivity contribution in [2.45, 2.75) is 26.7 Å². The van der Waals surface area contributed by atoms with Crippen molar-refractivity contribution >= 4 is 17.2 Å². The van der Waals surface area contributed by atoms with Crippen LogP contribution < -0.4 is 0 Å². The van der Waals surface area contributed by atoms with Crippen molar-refractivity contribution in [3.63, 3.8) is 0 Å². The van der Waals surface area contributed by atoms with Gasteiger partial charge < -0.3 is 0 Å². The summed E-state index contributed by atoms with van der Waals surface area (Å²) in [5.74, 6) is 0.491. The molecular weight excluding hydrogens is 180 g/mol. The zero-order valence-corrected chi connectivity index (χ0v) is 9.15. The van der Waals surface area contributed by atoms with Crippen LogP contribution in [0.1, 0.15) is 37.8 Å². The van der Waals surface area contributed by atoms with E-state index < -0.39 is 0 Å². The molecule has 1 heteroatoms. The second-order valence-corrected chi connectivity index (χ2v) is 4.05. The summed E-state index contributed by atoms with van der Waals surface area (Å²) in [6.07, 6.45) is 0. The lowest BCUT2D eigenvalue weighted by molar-refractivity contribution is 0.862. The maximum absolute atomic E-state index is 6.11. The lowest BCUT2D eigenvalue weighted by Gasteiger charge is -2.13. The average molecular weight is 195 g/mol. The molecule has 0 radical (unpaired) electrons. The second-order valence-electron chi connectivity index (χ2n) is 3.64. The van der Waals surface area contributed by atoms with Gasteiger partial charge in [-0.25, -0.2) is 0 Å². The summed E-state index contributed by atoms with van der Waals surface area (Å²) in [6.45, 7) is 10.3. The maximum atomic E-state index is 6.11. The Labute approximate surface area is 85.2 Å². The first-order valence-electron chi connectivity index (χ1n) is 4.48. The molecule has 0 unspecified atom stereocenters. The third-order valence-corrected chi connectivity index (χ3v) is 2.41. The zero-order chi connectivity index (χ0) is 10.0. The molecule has 0 aliphatic heterocycles. The highest BCUT2D eigenvalue weighted by atomic mass is 35.5. The molecule has 0 bridgehead atoms. The molecule has 0 fully saturated rings. The minimum absolute atomic E-state index is 0.491. The van der Waals surface area contributed by atoms with E-state index >= 15 is 0 Å². The molecule has 0 heterocycles. The van der Waals surface area contributed by atoms with Crippen LogP contribution in [0.15, 0.2) is 24.8 Å². The molecule has 1 aromatic carbocycles. The van der Waals surface area contributed by atoms with Crippen molar-refractivity contribution in [1.82, 2.24) is 0 Å². The number of allylic oxidation sites excluding steroid dienone is 1. The van der Waals surface area contributed by atoms with Crippen LogP contribution in [0.4, 0.5) is 0 Å². The van der Waals surface area contributed by atoms with Gasteiger partial charge in [0, 0.05) is 5.02 Å². The quantitative estimate of drug-likeness (QED) is 0.651. The van der Waals surface area contributed by atoms with Gasteiger partial charge in [0.15, 0.2) is 0 Å². The van der Waals surface area contributed by atoms with Crippen LogP contribution in [0, 0.1) is 0 Å². The predicted octanol–water partition coefficient (Wildman–Crippen LogP) is 4.50. The van der Waals surface area contributed by atoms with Gasteiger partial charge in [-0.15, -0.1) is 0 Å².